The molecule has 2 heterocycles. The van der Waals surface area contributed by atoms with Gasteiger partial charge in [-0.25, -0.2) is 9.97 Å². The quantitative estimate of drug-likeness (QED) is 0.816. The summed E-state index contributed by atoms with van der Waals surface area (Å²) in [6.07, 6.45) is 3.51. The maximum absolute atomic E-state index is 12.5. The Labute approximate surface area is 153 Å². The molecule has 0 radical (unpaired) electrons. The number of carbonyl (C=O) groups excluding carboxylic acids is 1. The van der Waals surface area contributed by atoms with E-state index in [0.29, 0.717) is 18.1 Å². The van der Waals surface area contributed by atoms with Crippen LogP contribution in [0.3, 0.4) is 0 Å². The molecule has 0 atom stereocenters. The van der Waals surface area contributed by atoms with Gasteiger partial charge in [0, 0.05) is 57.2 Å². The highest BCUT2D eigenvalue weighted by Crippen LogP contribution is 2.12. The van der Waals surface area contributed by atoms with E-state index in [4.69, 9.17) is 11.6 Å². The van der Waals surface area contributed by atoms with Gasteiger partial charge in [-0.3, -0.25) is 9.69 Å². The van der Waals surface area contributed by atoms with Crippen molar-refractivity contribution in [1.82, 2.24) is 19.8 Å². The molecular weight excluding hydrogens is 338 g/mol. The lowest BCUT2D eigenvalue weighted by Gasteiger charge is -2.34. The van der Waals surface area contributed by atoms with E-state index in [0.717, 1.165) is 37.7 Å². The predicted octanol–water partition coefficient (Wildman–Crippen LogP) is 1.91. The molecule has 0 aliphatic carbocycles. The summed E-state index contributed by atoms with van der Waals surface area (Å²) in [5.41, 5.74) is 1.08. The minimum Gasteiger partial charge on any atom is -0.340 e. The van der Waals surface area contributed by atoms with Crippen LogP contribution in [0.15, 0.2) is 42.7 Å². The van der Waals surface area contributed by atoms with Crippen LogP contribution in [-0.2, 0) is 11.3 Å². The highest BCUT2D eigenvalue weighted by atomic mass is 35.5. The molecule has 0 bridgehead atoms. The third-order valence-corrected chi connectivity index (χ3v) is 4.58. The van der Waals surface area contributed by atoms with Gasteiger partial charge < -0.3 is 9.80 Å². The smallest absolute Gasteiger partial charge is 0.236 e. The molecule has 1 aromatic heterocycles. The number of hydrogen-bond acceptors (Lipinski definition) is 5. The molecule has 0 unspecified atom stereocenters. The number of anilines is 1. The van der Waals surface area contributed by atoms with E-state index in [1.807, 2.05) is 37.4 Å². The lowest BCUT2D eigenvalue weighted by Crippen LogP contribution is -2.50. The van der Waals surface area contributed by atoms with Gasteiger partial charge in [0.05, 0.1) is 6.54 Å². The zero-order valence-electron chi connectivity index (χ0n) is 14.3. The number of hydrogen-bond donors (Lipinski definition) is 0. The minimum absolute atomic E-state index is 0.124. The number of amides is 1. The van der Waals surface area contributed by atoms with E-state index in [9.17, 15) is 4.79 Å². The Balaban J connectivity index is 1.46. The number of rotatable bonds is 5. The van der Waals surface area contributed by atoms with Crippen molar-refractivity contribution in [3.8, 4) is 0 Å². The molecule has 0 N–H and O–H groups in total. The standard InChI is InChI=1S/C18H22ClN5O/c1-22(13-15-3-5-16(19)6-4-15)17(25)14-23-9-11-24(12-10-23)18-20-7-2-8-21-18/h2-8H,9-14H2,1H3. The average molecular weight is 360 g/mol. The Morgan fingerprint density at radius 1 is 1.12 bits per heavy atom. The van der Waals surface area contributed by atoms with Crippen LogP contribution < -0.4 is 4.90 Å². The molecule has 2 aromatic rings. The summed E-state index contributed by atoms with van der Waals surface area (Å²) in [7, 11) is 1.84. The van der Waals surface area contributed by atoms with Gasteiger partial charge in [-0.1, -0.05) is 23.7 Å². The van der Waals surface area contributed by atoms with E-state index in [1.165, 1.54) is 0 Å². The normalized spacial score (nSPS) is 15.2. The van der Waals surface area contributed by atoms with E-state index < -0.39 is 0 Å². The first-order valence-corrected chi connectivity index (χ1v) is 8.72. The van der Waals surface area contributed by atoms with Crippen molar-refractivity contribution in [2.45, 2.75) is 6.54 Å². The van der Waals surface area contributed by atoms with Gasteiger partial charge in [0.2, 0.25) is 11.9 Å². The van der Waals surface area contributed by atoms with Crippen molar-refractivity contribution in [3.63, 3.8) is 0 Å². The van der Waals surface area contributed by atoms with Gasteiger partial charge in [-0.2, -0.15) is 0 Å². The number of carbonyl (C=O) groups is 1. The fourth-order valence-electron chi connectivity index (χ4n) is 2.82. The molecule has 132 valence electrons. The number of halogens is 1. The first kappa shape index (κ1) is 17.6. The molecule has 1 aliphatic heterocycles. The third-order valence-electron chi connectivity index (χ3n) is 4.32. The van der Waals surface area contributed by atoms with E-state index in [2.05, 4.69) is 19.8 Å². The predicted molar refractivity (Wildman–Crippen MR) is 98.6 cm³/mol. The zero-order valence-corrected chi connectivity index (χ0v) is 15.1. The maximum Gasteiger partial charge on any atom is 0.236 e. The number of likely N-dealkylation sites (N-methyl/N-ethyl adjacent to an activating group) is 1. The number of benzene rings is 1. The average Bonchev–Trinajstić information content (AvgIpc) is 2.65. The van der Waals surface area contributed by atoms with Gasteiger partial charge in [0.15, 0.2) is 0 Å². The third kappa shape index (κ3) is 4.90. The first-order chi connectivity index (χ1) is 12.1. The minimum atomic E-state index is 0.124. The van der Waals surface area contributed by atoms with Gasteiger partial charge >= 0.3 is 0 Å². The van der Waals surface area contributed by atoms with Crippen molar-refractivity contribution in [2.24, 2.45) is 0 Å². The van der Waals surface area contributed by atoms with Crippen LogP contribution >= 0.6 is 11.6 Å². The van der Waals surface area contributed by atoms with Gasteiger partial charge in [0.25, 0.3) is 0 Å². The molecule has 1 aliphatic rings. The lowest BCUT2D eigenvalue weighted by atomic mass is 10.2. The Bertz CT molecular complexity index is 686. The van der Waals surface area contributed by atoms with Crippen molar-refractivity contribution in [1.29, 1.82) is 0 Å². The summed E-state index contributed by atoms with van der Waals surface area (Å²) < 4.78 is 0. The van der Waals surface area contributed by atoms with Crippen LogP contribution in [0.25, 0.3) is 0 Å². The molecule has 1 saturated heterocycles. The monoisotopic (exact) mass is 359 g/mol. The van der Waals surface area contributed by atoms with Crippen molar-refractivity contribution < 1.29 is 4.79 Å². The molecule has 0 spiro atoms. The summed E-state index contributed by atoms with van der Waals surface area (Å²) in [5, 5.41) is 0.706. The molecule has 7 heteroatoms. The van der Waals surface area contributed by atoms with Crippen LogP contribution in [0.5, 0.6) is 0 Å². The molecular formula is C18H22ClN5O. The second-order valence-electron chi connectivity index (χ2n) is 6.19. The second kappa shape index (κ2) is 8.27. The molecule has 3 rings (SSSR count). The highest BCUT2D eigenvalue weighted by Gasteiger charge is 2.21. The second-order valence-corrected chi connectivity index (χ2v) is 6.62. The Morgan fingerprint density at radius 2 is 1.76 bits per heavy atom. The first-order valence-electron chi connectivity index (χ1n) is 8.34. The largest absolute Gasteiger partial charge is 0.340 e. The summed E-state index contributed by atoms with van der Waals surface area (Å²) in [4.78, 5) is 27.1. The van der Waals surface area contributed by atoms with Crippen molar-refractivity contribution >= 4 is 23.5 Å². The molecule has 25 heavy (non-hydrogen) atoms. The molecule has 1 fully saturated rings. The topological polar surface area (TPSA) is 52.6 Å². The fraction of sp³-hybridized carbons (Fsp3) is 0.389. The van der Waals surface area contributed by atoms with Crippen LogP contribution in [0.4, 0.5) is 5.95 Å². The molecule has 0 saturated carbocycles. The van der Waals surface area contributed by atoms with Gasteiger partial charge in [0.1, 0.15) is 0 Å². The van der Waals surface area contributed by atoms with E-state index in [1.54, 1.807) is 17.3 Å². The summed E-state index contributed by atoms with van der Waals surface area (Å²) in [6.45, 7) is 4.36. The summed E-state index contributed by atoms with van der Waals surface area (Å²) >= 11 is 5.90. The fourth-order valence-corrected chi connectivity index (χ4v) is 2.95. The van der Waals surface area contributed by atoms with E-state index in [-0.39, 0.29) is 5.91 Å². The Kier molecular flexibility index (Phi) is 5.83. The van der Waals surface area contributed by atoms with Gasteiger partial charge in [-0.15, -0.1) is 0 Å². The van der Waals surface area contributed by atoms with Crippen LogP contribution in [0, 0.1) is 0 Å². The lowest BCUT2D eigenvalue weighted by molar-refractivity contribution is -0.131. The van der Waals surface area contributed by atoms with Crippen LogP contribution in [-0.4, -0.2) is 65.4 Å². The molecule has 1 aromatic carbocycles. The van der Waals surface area contributed by atoms with Crippen LogP contribution in [0.1, 0.15) is 5.56 Å². The summed E-state index contributed by atoms with van der Waals surface area (Å²) in [6, 6.07) is 9.41. The Hall–Kier alpha value is -2.18. The number of aromatic nitrogens is 2. The summed E-state index contributed by atoms with van der Waals surface area (Å²) in [5.74, 6) is 0.882. The maximum atomic E-state index is 12.5. The van der Waals surface area contributed by atoms with Crippen molar-refractivity contribution in [3.05, 3.63) is 53.3 Å². The molecule has 6 nitrogen and oxygen atoms in total. The highest BCUT2D eigenvalue weighted by molar-refractivity contribution is 6.30. The zero-order chi connectivity index (χ0) is 17.6. The number of nitrogens with zero attached hydrogens (tertiary/aromatic N) is 5. The number of piperazine rings is 1. The SMILES string of the molecule is CN(Cc1ccc(Cl)cc1)C(=O)CN1CCN(c2ncccn2)CC1. The van der Waals surface area contributed by atoms with Gasteiger partial charge in [-0.05, 0) is 23.8 Å². The van der Waals surface area contributed by atoms with Crippen molar-refractivity contribution in [2.75, 3.05) is 44.7 Å². The molecule has 1 amide bonds. The Morgan fingerprint density at radius 3 is 2.40 bits per heavy atom. The van der Waals surface area contributed by atoms with Crippen LogP contribution in [0.2, 0.25) is 5.02 Å². The van der Waals surface area contributed by atoms with E-state index >= 15 is 0 Å².